The normalized spacial score (nSPS) is 12.7. The molecule has 1 aliphatic rings. The monoisotopic (exact) mass is 467 g/mol. The Labute approximate surface area is 202 Å². The number of carbonyl (C=O) groups excluding carboxylic acids is 1. The third-order valence-electron chi connectivity index (χ3n) is 5.83. The summed E-state index contributed by atoms with van der Waals surface area (Å²) in [6.07, 6.45) is 5.58. The van der Waals surface area contributed by atoms with Crippen LogP contribution >= 0.6 is 0 Å². The van der Waals surface area contributed by atoms with Gasteiger partial charge in [0.05, 0.1) is 17.2 Å². The molecule has 1 amide bonds. The molecule has 0 saturated heterocycles. The summed E-state index contributed by atoms with van der Waals surface area (Å²) in [4.78, 5) is 32.3. The van der Waals surface area contributed by atoms with Gasteiger partial charge in [-0.25, -0.2) is 4.98 Å². The van der Waals surface area contributed by atoms with E-state index in [1.165, 1.54) is 10.9 Å². The Hall–Kier alpha value is -4.39. The van der Waals surface area contributed by atoms with Crippen molar-refractivity contribution in [3.05, 3.63) is 101 Å². The van der Waals surface area contributed by atoms with E-state index in [4.69, 9.17) is 9.47 Å². The first-order chi connectivity index (χ1) is 17.2. The van der Waals surface area contributed by atoms with Gasteiger partial charge in [-0.05, 0) is 29.8 Å². The topological polar surface area (TPSA) is 73.7 Å². The fourth-order valence-corrected chi connectivity index (χ4v) is 4.03. The molecule has 0 bridgehead atoms. The lowest BCUT2D eigenvalue weighted by molar-refractivity contribution is -0.118. The van der Waals surface area contributed by atoms with Crippen molar-refractivity contribution in [1.29, 1.82) is 0 Å². The van der Waals surface area contributed by atoms with Crippen molar-refractivity contribution < 1.29 is 14.3 Å². The molecule has 2 heterocycles. The average molecular weight is 468 g/mol. The highest BCUT2D eigenvalue weighted by atomic mass is 16.6. The van der Waals surface area contributed by atoms with E-state index < -0.39 is 0 Å². The van der Waals surface area contributed by atoms with E-state index in [1.807, 2.05) is 72.8 Å². The molecule has 176 valence electrons. The Balaban J connectivity index is 1.37. The Bertz CT molecular complexity index is 1430. The zero-order valence-electron chi connectivity index (χ0n) is 19.2. The highest BCUT2D eigenvalue weighted by molar-refractivity contribution is 5.94. The van der Waals surface area contributed by atoms with Crippen LogP contribution in [-0.2, 0) is 11.3 Å². The molecule has 0 N–H and O–H groups in total. The highest BCUT2D eigenvalue weighted by Gasteiger charge is 2.19. The molecule has 3 aromatic carbocycles. The number of anilines is 1. The van der Waals surface area contributed by atoms with Crippen LogP contribution in [-0.4, -0.2) is 35.2 Å². The number of para-hydroxylation sites is 1. The first-order valence-corrected chi connectivity index (χ1v) is 11.5. The number of benzene rings is 3. The van der Waals surface area contributed by atoms with E-state index in [0.29, 0.717) is 47.8 Å². The fourth-order valence-electron chi connectivity index (χ4n) is 4.03. The number of hydrogen-bond acceptors (Lipinski definition) is 5. The van der Waals surface area contributed by atoms with Crippen molar-refractivity contribution in [1.82, 2.24) is 9.55 Å². The predicted octanol–water partition coefficient (Wildman–Crippen LogP) is 4.30. The Kier molecular flexibility index (Phi) is 6.57. The Morgan fingerprint density at radius 2 is 1.74 bits per heavy atom. The van der Waals surface area contributed by atoms with Crippen molar-refractivity contribution in [3.63, 3.8) is 0 Å². The molecular formula is C28H25N3O4. The summed E-state index contributed by atoms with van der Waals surface area (Å²) in [6, 6.07) is 22.6. The van der Waals surface area contributed by atoms with Crippen LogP contribution in [0, 0.1) is 0 Å². The summed E-state index contributed by atoms with van der Waals surface area (Å²) in [5.74, 6) is 1.18. The molecular weight excluding hydrogens is 442 g/mol. The summed E-state index contributed by atoms with van der Waals surface area (Å²) in [7, 11) is 0. The third-order valence-corrected chi connectivity index (χ3v) is 5.83. The second-order valence-electron chi connectivity index (χ2n) is 8.16. The van der Waals surface area contributed by atoms with Crippen LogP contribution < -0.4 is 19.9 Å². The van der Waals surface area contributed by atoms with Crippen LogP contribution in [0.5, 0.6) is 11.5 Å². The van der Waals surface area contributed by atoms with Gasteiger partial charge < -0.3 is 14.4 Å². The SMILES string of the molecule is O=C(CCn1cnc2ccccc2c1=O)N(C/C=C/c1ccccc1)c1ccc2c(c1)OCCO2. The lowest BCUT2D eigenvalue weighted by Gasteiger charge is -2.25. The maximum Gasteiger partial charge on any atom is 0.261 e. The molecule has 0 saturated carbocycles. The lowest BCUT2D eigenvalue weighted by Crippen LogP contribution is -2.33. The predicted molar refractivity (Wildman–Crippen MR) is 136 cm³/mol. The summed E-state index contributed by atoms with van der Waals surface area (Å²) in [5, 5.41) is 0.539. The summed E-state index contributed by atoms with van der Waals surface area (Å²) in [6.45, 7) is 1.58. The first-order valence-electron chi connectivity index (χ1n) is 11.5. The number of fused-ring (bicyclic) bond motifs is 2. The number of amides is 1. The highest BCUT2D eigenvalue weighted by Crippen LogP contribution is 2.34. The smallest absolute Gasteiger partial charge is 0.261 e. The van der Waals surface area contributed by atoms with Crippen molar-refractivity contribution in [2.24, 2.45) is 0 Å². The zero-order chi connectivity index (χ0) is 24.0. The summed E-state index contributed by atoms with van der Waals surface area (Å²) >= 11 is 0. The standard InChI is InChI=1S/C28H25N3O4/c32-27(14-16-30-20-29-24-11-5-4-10-23(24)28(30)33)31(15-6-9-21-7-2-1-3-8-21)22-12-13-25-26(19-22)35-18-17-34-25/h1-13,19-20H,14-18H2/b9-6+. The minimum atomic E-state index is -0.154. The second-order valence-corrected chi connectivity index (χ2v) is 8.16. The summed E-state index contributed by atoms with van der Waals surface area (Å²) in [5.41, 5.74) is 2.25. The van der Waals surface area contributed by atoms with Crippen LogP contribution in [0.15, 0.2) is 90.0 Å². The van der Waals surface area contributed by atoms with Crippen LogP contribution in [0.4, 0.5) is 5.69 Å². The number of aromatic nitrogens is 2. The fraction of sp³-hybridized carbons (Fsp3) is 0.179. The van der Waals surface area contributed by atoms with Crippen LogP contribution in [0.3, 0.4) is 0 Å². The quantitative estimate of drug-likeness (QED) is 0.405. The molecule has 0 radical (unpaired) electrons. The minimum Gasteiger partial charge on any atom is -0.486 e. The number of aryl methyl sites for hydroxylation is 1. The molecule has 0 fully saturated rings. The van der Waals surface area contributed by atoms with E-state index in [0.717, 1.165) is 5.56 Å². The van der Waals surface area contributed by atoms with Gasteiger partial charge in [-0.1, -0.05) is 54.6 Å². The van der Waals surface area contributed by atoms with Crippen molar-refractivity contribution in [2.45, 2.75) is 13.0 Å². The molecule has 4 aromatic rings. The van der Waals surface area contributed by atoms with Gasteiger partial charge in [0.1, 0.15) is 13.2 Å². The third kappa shape index (κ3) is 5.09. The van der Waals surface area contributed by atoms with Gasteiger partial charge >= 0.3 is 0 Å². The van der Waals surface area contributed by atoms with Crippen LogP contribution in [0.2, 0.25) is 0 Å². The van der Waals surface area contributed by atoms with E-state index in [2.05, 4.69) is 4.98 Å². The second kappa shape index (κ2) is 10.3. The van der Waals surface area contributed by atoms with Gasteiger partial charge in [-0.3, -0.25) is 14.2 Å². The maximum absolute atomic E-state index is 13.4. The summed E-state index contributed by atoms with van der Waals surface area (Å²) < 4.78 is 12.8. The van der Waals surface area contributed by atoms with Crippen LogP contribution in [0.1, 0.15) is 12.0 Å². The van der Waals surface area contributed by atoms with E-state index in [-0.39, 0.29) is 24.4 Å². The molecule has 0 aliphatic carbocycles. The molecule has 0 spiro atoms. The minimum absolute atomic E-state index is 0.112. The van der Waals surface area contributed by atoms with Crippen molar-refractivity contribution in [2.75, 3.05) is 24.7 Å². The molecule has 35 heavy (non-hydrogen) atoms. The number of carbonyl (C=O) groups is 1. The molecule has 5 rings (SSSR count). The molecule has 7 nitrogen and oxygen atoms in total. The molecule has 0 atom stereocenters. The maximum atomic E-state index is 13.4. The lowest BCUT2D eigenvalue weighted by atomic mass is 10.2. The number of nitrogens with zero attached hydrogens (tertiary/aromatic N) is 3. The van der Waals surface area contributed by atoms with E-state index in [1.54, 1.807) is 17.0 Å². The Morgan fingerprint density at radius 1 is 0.971 bits per heavy atom. The van der Waals surface area contributed by atoms with Gasteiger partial charge in [0.2, 0.25) is 5.91 Å². The molecule has 1 aromatic heterocycles. The van der Waals surface area contributed by atoms with Crippen LogP contribution in [0.25, 0.3) is 17.0 Å². The van der Waals surface area contributed by atoms with Gasteiger partial charge in [-0.2, -0.15) is 0 Å². The van der Waals surface area contributed by atoms with Crippen molar-refractivity contribution >= 4 is 28.6 Å². The van der Waals surface area contributed by atoms with E-state index >= 15 is 0 Å². The van der Waals surface area contributed by atoms with Crippen molar-refractivity contribution in [3.8, 4) is 11.5 Å². The number of ether oxygens (including phenoxy) is 2. The zero-order valence-corrected chi connectivity index (χ0v) is 19.2. The molecule has 1 aliphatic heterocycles. The van der Waals surface area contributed by atoms with Gasteiger partial charge in [0.15, 0.2) is 11.5 Å². The Morgan fingerprint density at radius 3 is 2.60 bits per heavy atom. The first kappa shape index (κ1) is 22.4. The number of hydrogen-bond donors (Lipinski definition) is 0. The largest absolute Gasteiger partial charge is 0.486 e. The van der Waals surface area contributed by atoms with Gasteiger partial charge in [0.25, 0.3) is 5.56 Å². The molecule has 0 unspecified atom stereocenters. The van der Waals surface area contributed by atoms with Gasteiger partial charge in [0, 0.05) is 31.3 Å². The van der Waals surface area contributed by atoms with E-state index in [9.17, 15) is 9.59 Å². The van der Waals surface area contributed by atoms with Gasteiger partial charge in [-0.15, -0.1) is 0 Å². The average Bonchev–Trinajstić information content (AvgIpc) is 2.91. The molecule has 7 heteroatoms. The number of rotatable bonds is 7.